The number of fused-ring (bicyclic) bond motifs is 1. The van der Waals surface area contributed by atoms with Gasteiger partial charge in [-0.05, 0) is 47.8 Å². The Kier molecular flexibility index (Phi) is 5.28. The van der Waals surface area contributed by atoms with Gasteiger partial charge in [-0.2, -0.15) is 9.64 Å². The van der Waals surface area contributed by atoms with Gasteiger partial charge in [-0.15, -0.1) is 0 Å². The van der Waals surface area contributed by atoms with Crippen LogP contribution in [-0.2, 0) is 21.6 Å². The summed E-state index contributed by atoms with van der Waals surface area (Å²) in [4.78, 5) is 24.1. The number of nitriles is 1. The number of carboxylic acids is 1. The fourth-order valence-electron chi connectivity index (χ4n) is 3.37. The quantitative estimate of drug-likeness (QED) is 0.400. The van der Waals surface area contributed by atoms with Crippen molar-refractivity contribution < 1.29 is 28.3 Å². The smallest absolute Gasteiger partial charge is 0.412 e. The maximum atomic E-state index is 12.2. The number of carbonyl (C=O) groups excluding carboxylic acids is 1. The number of carbonyl (C=O) groups is 2. The van der Waals surface area contributed by atoms with E-state index in [-0.39, 0.29) is 29.5 Å². The third-order valence-corrected chi connectivity index (χ3v) is 6.14. The van der Waals surface area contributed by atoms with Gasteiger partial charge in [0.25, 0.3) is 5.78 Å². The summed E-state index contributed by atoms with van der Waals surface area (Å²) in [5.41, 5.74) is 0.0437. The first kappa shape index (κ1) is 21.3. The minimum Gasteiger partial charge on any atom is -0.480 e. The summed E-state index contributed by atoms with van der Waals surface area (Å²) in [5, 5.41) is 21.9. The zero-order valence-electron chi connectivity index (χ0n) is 17.5. The lowest BCUT2D eigenvalue weighted by Gasteiger charge is -2.06. The van der Waals surface area contributed by atoms with Crippen molar-refractivity contribution in [1.29, 1.82) is 5.26 Å². The number of benzene rings is 1. The van der Waals surface area contributed by atoms with E-state index in [1.165, 1.54) is 0 Å². The van der Waals surface area contributed by atoms with Gasteiger partial charge in [0.1, 0.15) is 34.4 Å². The van der Waals surface area contributed by atoms with Crippen LogP contribution in [-0.4, -0.2) is 21.5 Å². The molecule has 2 N–H and O–H groups in total. The molecule has 168 valence electrons. The lowest BCUT2D eigenvalue weighted by molar-refractivity contribution is -0.140. The first-order valence-corrected chi connectivity index (χ1v) is 10.9. The van der Waals surface area contributed by atoms with Gasteiger partial charge in [-0.3, -0.25) is 10.1 Å². The average molecular weight is 473 g/mol. The SMILES string of the molecule is N#Cc1nsc(C#Cc2cc3cc(C4(C(=O)O)CC4)oc3o2)c1NC(=O)OCc1ccccc1. The number of carboxylic acid groups (broad SMARTS) is 1. The Hall–Kier alpha value is -4.54. The van der Waals surface area contributed by atoms with Crippen LogP contribution in [0.25, 0.3) is 11.2 Å². The van der Waals surface area contributed by atoms with Crippen LogP contribution < -0.4 is 5.32 Å². The van der Waals surface area contributed by atoms with E-state index >= 15 is 0 Å². The lowest BCUT2D eigenvalue weighted by Crippen LogP contribution is -2.18. The molecule has 0 aliphatic heterocycles. The molecule has 1 fully saturated rings. The van der Waals surface area contributed by atoms with Crippen LogP contribution in [0.4, 0.5) is 10.5 Å². The predicted octanol–water partition coefficient (Wildman–Crippen LogP) is 4.62. The van der Waals surface area contributed by atoms with E-state index in [0.717, 1.165) is 17.1 Å². The number of nitrogens with one attached hydrogen (secondary N) is 1. The van der Waals surface area contributed by atoms with Crippen LogP contribution in [0.2, 0.25) is 0 Å². The maximum Gasteiger partial charge on any atom is 0.412 e. The second kappa shape index (κ2) is 8.43. The van der Waals surface area contributed by atoms with Gasteiger partial charge >= 0.3 is 12.1 Å². The molecule has 0 spiro atoms. The summed E-state index contributed by atoms with van der Waals surface area (Å²) in [5.74, 6) is 5.59. The zero-order valence-corrected chi connectivity index (χ0v) is 18.3. The van der Waals surface area contributed by atoms with Gasteiger partial charge in [-0.25, -0.2) is 4.79 Å². The second-order valence-corrected chi connectivity index (χ2v) is 8.41. The molecule has 0 atom stereocenters. The van der Waals surface area contributed by atoms with Crippen LogP contribution in [0, 0.1) is 23.2 Å². The molecule has 34 heavy (non-hydrogen) atoms. The first-order valence-electron chi connectivity index (χ1n) is 10.2. The minimum atomic E-state index is -0.959. The van der Waals surface area contributed by atoms with E-state index < -0.39 is 17.5 Å². The van der Waals surface area contributed by atoms with Crippen molar-refractivity contribution in [3.8, 4) is 17.9 Å². The first-order chi connectivity index (χ1) is 16.5. The molecule has 9 nitrogen and oxygen atoms in total. The molecule has 0 bridgehead atoms. The number of ether oxygens (including phenoxy) is 1. The molecular weight excluding hydrogens is 458 g/mol. The van der Waals surface area contributed by atoms with Gasteiger partial charge in [0.2, 0.25) is 0 Å². The number of rotatable bonds is 5. The molecule has 10 heteroatoms. The van der Waals surface area contributed by atoms with Crippen LogP contribution in [0.15, 0.2) is 51.3 Å². The highest BCUT2D eigenvalue weighted by Gasteiger charge is 2.54. The third-order valence-electron chi connectivity index (χ3n) is 5.38. The van der Waals surface area contributed by atoms with E-state index in [4.69, 9.17) is 13.6 Å². The Morgan fingerprint density at radius 3 is 2.68 bits per heavy atom. The summed E-state index contributed by atoms with van der Waals surface area (Å²) in [6, 6.07) is 14.4. The second-order valence-electron chi connectivity index (χ2n) is 7.64. The Balaban J connectivity index is 1.32. The molecule has 3 heterocycles. The van der Waals surface area contributed by atoms with E-state index in [1.54, 1.807) is 12.1 Å². The molecule has 0 saturated heterocycles. The number of furan rings is 2. The predicted molar refractivity (Wildman–Crippen MR) is 120 cm³/mol. The zero-order chi connectivity index (χ0) is 23.7. The summed E-state index contributed by atoms with van der Waals surface area (Å²) < 4.78 is 20.4. The highest BCUT2D eigenvalue weighted by Crippen LogP contribution is 2.50. The maximum absolute atomic E-state index is 12.2. The largest absolute Gasteiger partial charge is 0.480 e. The molecule has 0 radical (unpaired) electrons. The molecular formula is C24H15N3O6S. The molecule has 4 aromatic rings. The van der Waals surface area contributed by atoms with E-state index in [1.807, 2.05) is 36.4 Å². The van der Waals surface area contributed by atoms with Crippen molar-refractivity contribution in [2.75, 3.05) is 5.32 Å². The Morgan fingerprint density at radius 1 is 1.21 bits per heavy atom. The Bertz CT molecular complexity index is 1480. The van der Waals surface area contributed by atoms with Gasteiger partial charge in [0.05, 0.1) is 5.39 Å². The Morgan fingerprint density at radius 2 is 2.00 bits per heavy atom. The summed E-state index contributed by atoms with van der Waals surface area (Å²) >= 11 is 0.956. The van der Waals surface area contributed by atoms with E-state index in [0.29, 0.717) is 28.9 Å². The van der Waals surface area contributed by atoms with Crippen molar-refractivity contribution in [2.45, 2.75) is 24.9 Å². The minimum absolute atomic E-state index is 0.0206. The molecule has 5 rings (SSSR count). The van der Waals surface area contributed by atoms with Crippen LogP contribution >= 0.6 is 11.5 Å². The van der Waals surface area contributed by atoms with Gasteiger partial charge in [0.15, 0.2) is 11.5 Å². The fraction of sp³-hybridized carbons (Fsp3) is 0.167. The number of aromatic nitrogens is 1. The molecule has 3 aromatic heterocycles. The van der Waals surface area contributed by atoms with Crippen molar-refractivity contribution >= 4 is 40.4 Å². The molecule has 1 aromatic carbocycles. The summed E-state index contributed by atoms with van der Waals surface area (Å²) in [6.45, 7) is 0.0732. The number of nitrogens with zero attached hydrogens (tertiary/aromatic N) is 2. The lowest BCUT2D eigenvalue weighted by atomic mass is 10.0. The van der Waals surface area contributed by atoms with E-state index in [9.17, 15) is 20.0 Å². The number of amides is 1. The highest BCUT2D eigenvalue weighted by atomic mass is 32.1. The number of hydrogen-bond donors (Lipinski definition) is 2. The van der Waals surface area contributed by atoms with Gasteiger partial charge < -0.3 is 18.7 Å². The number of anilines is 1. The highest BCUT2D eigenvalue weighted by molar-refractivity contribution is 7.07. The van der Waals surface area contributed by atoms with Crippen molar-refractivity contribution in [1.82, 2.24) is 4.37 Å². The summed E-state index contributed by atoms with van der Waals surface area (Å²) in [6.07, 6.45) is 0.321. The standard InChI is InChI=1S/C24H15N3O6S/c25-12-17-20(26-23(30)31-13-14-4-2-1-3-5-14)18(34-27-17)7-6-16-10-15-11-19(33-21(15)32-16)24(8-9-24)22(28)29/h1-5,10-11H,8-9,13H2,(H,26,30)(H,28,29). The molecule has 1 aliphatic carbocycles. The molecule has 1 aliphatic rings. The number of hydrogen-bond acceptors (Lipinski definition) is 8. The Labute approximate surface area is 196 Å². The van der Waals surface area contributed by atoms with Crippen molar-refractivity contribution in [3.63, 3.8) is 0 Å². The summed E-state index contributed by atoms with van der Waals surface area (Å²) in [7, 11) is 0. The average Bonchev–Trinajstić information content (AvgIpc) is 3.23. The van der Waals surface area contributed by atoms with Crippen molar-refractivity contribution in [3.05, 3.63) is 70.1 Å². The molecule has 0 unspecified atom stereocenters. The van der Waals surface area contributed by atoms with Crippen LogP contribution in [0.1, 0.15) is 40.5 Å². The van der Waals surface area contributed by atoms with Crippen LogP contribution in [0.3, 0.4) is 0 Å². The van der Waals surface area contributed by atoms with E-state index in [2.05, 4.69) is 21.5 Å². The third kappa shape index (κ3) is 3.98. The topological polar surface area (TPSA) is 139 Å². The molecule has 1 amide bonds. The normalized spacial score (nSPS) is 13.5. The van der Waals surface area contributed by atoms with Crippen molar-refractivity contribution in [2.24, 2.45) is 0 Å². The number of aliphatic carboxylic acids is 1. The van der Waals surface area contributed by atoms with Gasteiger partial charge in [0, 0.05) is 6.07 Å². The fourth-order valence-corrected chi connectivity index (χ4v) is 4.03. The monoisotopic (exact) mass is 473 g/mol. The van der Waals surface area contributed by atoms with Crippen LogP contribution in [0.5, 0.6) is 0 Å². The molecule has 1 saturated carbocycles. The van der Waals surface area contributed by atoms with Gasteiger partial charge in [-0.1, -0.05) is 30.3 Å².